The van der Waals surface area contributed by atoms with Crippen LogP contribution in [0.2, 0.25) is 0 Å². The average Bonchev–Trinajstić information content (AvgIpc) is 2.96. The van der Waals surface area contributed by atoms with Crippen molar-refractivity contribution in [3.63, 3.8) is 0 Å². The SMILES string of the molecule is CCCCNC(=O)[C@@H](CC)N(Cc1ccccc1)C(=O)CN(c1ccc(C(C)C)cc1)S(=O)(=O)c1ccccc1. The highest BCUT2D eigenvalue weighted by Gasteiger charge is 2.33. The summed E-state index contributed by atoms with van der Waals surface area (Å²) in [5.74, 6) is -0.416. The van der Waals surface area contributed by atoms with Crippen molar-refractivity contribution in [3.05, 3.63) is 96.1 Å². The lowest BCUT2D eigenvalue weighted by atomic mass is 10.0. The molecule has 0 aliphatic carbocycles. The van der Waals surface area contributed by atoms with Crippen LogP contribution in [0, 0.1) is 0 Å². The lowest BCUT2D eigenvalue weighted by molar-refractivity contribution is -0.140. The van der Waals surface area contributed by atoms with Gasteiger partial charge in [0.25, 0.3) is 10.0 Å². The minimum absolute atomic E-state index is 0.0923. The van der Waals surface area contributed by atoms with Gasteiger partial charge in [-0.3, -0.25) is 13.9 Å². The van der Waals surface area contributed by atoms with Gasteiger partial charge in [0.1, 0.15) is 12.6 Å². The van der Waals surface area contributed by atoms with Crippen molar-refractivity contribution in [2.24, 2.45) is 0 Å². The average molecular weight is 564 g/mol. The molecule has 7 nitrogen and oxygen atoms in total. The van der Waals surface area contributed by atoms with E-state index >= 15 is 0 Å². The molecule has 0 saturated heterocycles. The van der Waals surface area contributed by atoms with Crippen molar-refractivity contribution in [1.29, 1.82) is 0 Å². The van der Waals surface area contributed by atoms with Crippen molar-refractivity contribution in [3.8, 4) is 0 Å². The van der Waals surface area contributed by atoms with Crippen molar-refractivity contribution in [1.82, 2.24) is 10.2 Å². The van der Waals surface area contributed by atoms with Crippen LogP contribution < -0.4 is 9.62 Å². The standard InChI is InChI=1S/C32H41N3O4S/c1-5-7-22-33-32(37)30(6-2)34(23-26-14-10-8-11-15-26)31(36)24-35(28-20-18-27(19-21-28)25(3)4)40(38,39)29-16-12-9-13-17-29/h8-21,25,30H,5-7,22-24H2,1-4H3,(H,33,37)/t30-/m1/s1. The number of carbonyl (C=O) groups is 2. The topological polar surface area (TPSA) is 86.8 Å². The van der Waals surface area contributed by atoms with Gasteiger partial charge in [-0.15, -0.1) is 0 Å². The van der Waals surface area contributed by atoms with Crippen LogP contribution in [0.15, 0.2) is 89.8 Å². The second-order valence-electron chi connectivity index (χ2n) is 10.1. The number of anilines is 1. The maximum absolute atomic E-state index is 14.1. The minimum atomic E-state index is -4.07. The molecule has 0 saturated carbocycles. The molecule has 1 atom stereocenters. The van der Waals surface area contributed by atoms with Crippen LogP contribution in [-0.4, -0.2) is 44.3 Å². The number of hydrogen-bond acceptors (Lipinski definition) is 4. The number of amides is 2. The number of sulfonamides is 1. The molecule has 0 aliphatic rings. The van der Waals surface area contributed by atoms with Gasteiger partial charge in [0, 0.05) is 13.1 Å². The minimum Gasteiger partial charge on any atom is -0.354 e. The van der Waals surface area contributed by atoms with E-state index in [-0.39, 0.29) is 23.3 Å². The molecule has 3 aromatic rings. The van der Waals surface area contributed by atoms with Crippen molar-refractivity contribution in [2.45, 2.75) is 70.4 Å². The van der Waals surface area contributed by atoms with Gasteiger partial charge < -0.3 is 10.2 Å². The summed E-state index contributed by atoms with van der Waals surface area (Å²) in [5, 5.41) is 2.95. The Balaban J connectivity index is 2.02. The summed E-state index contributed by atoms with van der Waals surface area (Å²) in [5.41, 5.74) is 2.31. The number of unbranched alkanes of at least 4 members (excludes halogenated alkanes) is 1. The van der Waals surface area contributed by atoms with E-state index in [2.05, 4.69) is 19.2 Å². The molecule has 0 heterocycles. The molecular formula is C32H41N3O4S. The summed E-state index contributed by atoms with van der Waals surface area (Å²) < 4.78 is 28.9. The first-order valence-corrected chi connectivity index (χ1v) is 15.4. The predicted octanol–water partition coefficient (Wildman–Crippen LogP) is 5.73. The van der Waals surface area contributed by atoms with Gasteiger partial charge in [0.15, 0.2) is 0 Å². The summed E-state index contributed by atoms with van der Waals surface area (Å²) in [7, 11) is -4.07. The summed E-state index contributed by atoms with van der Waals surface area (Å²) in [6.07, 6.45) is 2.17. The van der Waals surface area contributed by atoms with Crippen LogP contribution in [0.5, 0.6) is 0 Å². The largest absolute Gasteiger partial charge is 0.354 e. The Morgan fingerprint density at radius 1 is 0.850 bits per heavy atom. The maximum atomic E-state index is 14.1. The summed E-state index contributed by atoms with van der Waals surface area (Å²) in [4.78, 5) is 28.9. The van der Waals surface area contributed by atoms with E-state index in [0.717, 1.165) is 28.3 Å². The van der Waals surface area contributed by atoms with E-state index in [1.807, 2.05) is 56.3 Å². The molecule has 2 amide bonds. The van der Waals surface area contributed by atoms with E-state index in [1.165, 1.54) is 17.0 Å². The lowest BCUT2D eigenvalue weighted by Crippen LogP contribution is -2.52. The van der Waals surface area contributed by atoms with E-state index < -0.39 is 28.5 Å². The molecule has 0 bridgehead atoms. The Morgan fingerprint density at radius 2 is 1.45 bits per heavy atom. The number of carbonyl (C=O) groups excluding carboxylic acids is 2. The zero-order valence-corrected chi connectivity index (χ0v) is 24.7. The quantitative estimate of drug-likeness (QED) is 0.254. The first-order chi connectivity index (χ1) is 19.2. The van der Waals surface area contributed by atoms with Crippen LogP contribution in [0.25, 0.3) is 0 Å². The highest BCUT2D eigenvalue weighted by atomic mass is 32.2. The van der Waals surface area contributed by atoms with Crippen LogP contribution >= 0.6 is 0 Å². The fourth-order valence-electron chi connectivity index (χ4n) is 4.48. The summed E-state index contributed by atoms with van der Waals surface area (Å²) >= 11 is 0. The van der Waals surface area contributed by atoms with Gasteiger partial charge in [-0.1, -0.05) is 94.8 Å². The highest BCUT2D eigenvalue weighted by molar-refractivity contribution is 7.92. The molecule has 214 valence electrons. The third-order valence-corrected chi connectivity index (χ3v) is 8.66. The Morgan fingerprint density at radius 3 is 2.00 bits per heavy atom. The normalized spacial score (nSPS) is 12.1. The van der Waals surface area contributed by atoms with Gasteiger partial charge in [0.2, 0.25) is 11.8 Å². The first-order valence-electron chi connectivity index (χ1n) is 14.0. The number of benzene rings is 3. The van der Waals surface area contributed by atoms with E-state index in [0.29, 0.717) is 18.7 Å². The van der Waals surface area contributed by atoms with Gasteiger partial charge >= 0.3 is 0 Å². The molecule has 3 rings (SSSR count). The number of nitrogens with one attached hydrogen (secondary N) is 1. The van der Waals surface area contributed by atoms with Gasteiger partial charge in [-0.05, 0) is 54.2 Å². The maximum Gasteiger partial charge on any atom is 0.264 e. The Bertz CT molecular complexity index is 1330. The fourth-order valence-corrected chi connectivity index (χ4v) is 5.91. The predicted molar refractivity (Wildman–Crippen MR) is 160 cm³/mol. The third kappa shape index (κ3) is 7.94. The van der Waals surface area contributed by atoms with Crippen molar-refractivity contribution in [2.75, 3.05) is 17.4 Å². The smallest absolute Gasteiger partial charge is 0.264 e. The molecule has 3 aromatic carbocycles. The molecule has 8 heteroatoms. The molecule has 0 unspecified atom stereocenters. The van der Waals surface area contributed by atoms with Gasteiger partial charge in [-0.2, -0.15) is 0 Å². The van der Waals surface area contributed by atoms with Crippen LogP contribution in [0.4, 0.5) is 5.69 Å². The van der Waals surface area contributed by atoms with Crippen LogP contribution in [0.1, 0.15) is 64.0 Å². The summed E-state index contributed by atoms with van der Waals surface area (Å²) in [6, 6.07) is 24.0. The van der Waals surface area contributed by atoms with Gasteiger partial charge in [-0.25, -0.2) is 8.42 Å². The van der Waals surface area contributed by atoms with Crippen molar-refractivity contribution < 1.29 is 18.0 Å². The Kier molecular flexibility index (Phi) is 11.3. The number of rotatable bonds is 14. The van der Waals surface area contributed by atoms with Crippen molar-refractivity contribution >= 4 is 27.5 Å². The Labute approximate surface area is 239 Å². The molecule has 1 N–H and O–H groups in total. The first kappa shape index (κ1) is 30.9. The molecular weight excluding hydrogens is 522 g/mol. The molecule has 40 heavy (non-hydrogen) atoms. The van der Waals surface area contributed by atoms with E-state index in [4.69, 9.17) is 0 Å². The number of hydrogen-bond donors (Lipinski definition) is 1. The molecule has 0 fully saturated rings. The fraction of sp³-hybridized carbons (Fsp3) is 0.375. The van der Waals surface area contributed by atoms with E-state index in [9.17, 15) is 18.0 Å². The lowest BCUT2D eigenvalue weighted by Gasteiger charge is -2.33. The zero-order valence-electron chi connectivity index (χ0n) is 23.9. The van der Waals surface area contributed by atoms with Gasteiger partial charge in [0.05, 0.1) is 10.6 Å². The molecule has 0 radical (unpaired) electrons. The van der Waals surface area contributed by atoms with Crippen LogP contribution in [0.3, 0.4) is 0 Å². The highest BCUT2D eigenvalue weighted by Crippen LogP contribution is 2.26. The number of nitrogens with zero attached hydrogens (tertiary/aromatic N) is 2. The monoisotopic (exact) mass is 563 g/mol. The third-order valence-electron chi connectivity index (χ3n) is 6.87. The van der Waals surface area contributed by atoms with Crippen LogP contribution in [-0.2, 0) is 26.2 Å². The second kappa shape index (κ2) is 14.7. The summed E-state index contributed by atoms with van der Waals surface area (Å²) in [6.45, 7) is 8.30. The van der Waals surface area contributed by atoms with E-state index in [1.54, 1.807) is 30.3 Å². The molecule has 0 spiro atoms. The second-order valence-corrected chi connectivity index (χ2v) is 12.0. The molecule has 0 aliphatic heterocycles. The Hall–Kier alpha value is -3.65. The zero-order chi connectivity index (χ0) is 29.1. The molecule has 0 aromatic heterocycles.